The van der Waals surface area contributed by atoms with E-state index in [1.165, 1.54) is 0 Å². The summed E-state index contributed by atoms with van der Waals surface area (Å²) < 4.78 is 5.65. The zero-order valence-electron chi connectivity index (χ0n) is 12.0. The molecule has 1 aromatic carbocycles. The predicted octanol–water partition coefficient (Wildman–Crippen LogP) is 1.83. The molecule has 0 fully saturated rings. The van der Waals surface area contributed by atoms with Crippen molar-refractivity contribution in [1.29, 1.82) is 0 Å². The third kappa shape index (κ3) is 3.22. The van der Waals surface area contributed by atoms with Gasteiger partial charge in [-0.05, 0) is 19.9 Å². The van der Waals surface area contributed by atoms with Gasteiger partial charge in [-0.3, -0.25) is 9.69 Å². The summed E-state index contributed by atoms with van der Waals surface area (Å²) in [5.41, 5.74) is 5.89. The van der Waals surface area contributed by atoms with E-state index in [-0.39, 0.29) is 24.7 Å². The Balaban J connectivity index is 2.42. The standard InChI is InChI=1S/C15H18N2O4/c1-9(2)17(8-13(16)18)7-12-14(15(19)20)10-5-3-4-6-11(10)21-12/h3-6,9H,7-8H2,1-2H3,(H2,16,18)(H,19,20). The molecule has 112 valence electrons. The maximum atomic E-state index is 11.5. The van der Waals surface area contributed by atoms with Crippen LogP contribution in [0.4, 0.5) is 0 Å². The van der Waals surface area contributed by atoms with Crippen LogP contribution in [0.15, 0.2) is 28.7 Å². The average molecular weight is 290 g/mol. The number of aromatic carboxylic acids is 1. The third-order valence-corrected chi connectivity index (χ3v) is 3.32. The Bertz CT molecular complexity index is 675. The first-order valence-electron chi connectivity index (χ1n) is 6.66. The molecule has 0 aliphatic rings. The van der Waals surface area contributed by atoms with Crippen LogP contribution in [0.3, 0.4) is 0 Å². The minimum atomic E-state index is -1.04. The zero-order chi connectivity index (χ0) is 15.6. The molecular weight excluding hydrogens is 272 g/mol. The lowest BCUT2D eigenvalue weighted by atomic mass is 10.1. The summed E-state index contributed by atoms with van der Waals surface area (Å²) in [6.07, 6.45) is 0. The summed E-state index contributed by atoms with van der Waals surface area (Å²) in [7, 11) is 0. The van der Waals surface area contributed by atoms with Crippen LogP contribution in [0.2, 0.25) is 0 Å². The van der Waals surface area contributed by atoms with Gasteiger partial charge in [0.1, 0.15) is 16.9 Å². The van der Waals surface area contributed by atoms with Gasteiger partial charge in [-0.1, -0.05) is 18.2 Å². The lowest BCUT2D eigenvalue weighted by Gasteiger charge is -2.23. The molecule has 0 aliphatic carbocycles. The zero-order valence-corrected chi connectivity index (χ0v) is 12.0. The second-order valence-electron chi connectivity index (χ2n) is 5.17. The van der Waals surface area contributed by atoms with E-state index in [2.05, 4.69) is 0 Å². The molecule has 3 N–H and O–H groups in total. The Kier molecular flexibility index (Phi) is 4.28. The van der Waals surface area contributed by atoms with Gasteiger partial charge < -0.3 is 15.3 Å². The lowest BCUT2D eigenvalue weighted by molar-refractivity contribution is -0.119. The number of nitrogens with zero attached hydrogens (tertiary/aromatic N) is 1. The third-order valence-electron chi connectivity index (χ3n) is 3.32. The molecular formula is C15H18N2O4. The minimum absolute atomic E-state index is 0.0346. The van der Waals surface area contributed by atoms with Gasteiger partial charge in [-0.2, -0.15) is 0 Å². The molecule has 0 aliphatic heterocycles. The van der Waals surface area contributed by atoms with Crippen LogP contribution in [0, 0.1) is 0 Å². The van der Waals surface area contributed by atoms with Gasteiger partial charge in [0.2, 0.25) is 5.91 Å². The largest absolute Gasteiger partial charge is 0.478 e. The highest BCUT2D eigenvalue weighted by Gasteiger charge is 2.23. The summed E-state index contributed by atoms with van der Waals surface area (Å²) in [6.45, 7) is 4.09. The molecule has 6 nitrogen and oxygen atoms in total. The molecule has 0 spiro atoms. The molecule has 0 radical (unpaired) electrons. The molecule has 21 heavy (non-hydrogen) atoms. The van der Waals surface area contributed by atoms with Crippen LogP contribution >= 0.6 is 0 Å². The Labute approximate surface area is 122 Å². The second kappa shape index (κ2) is 5.97. The highest BCUT2D eigenvalue weighted by molar-refractivity contribution is 6.03. The number of amides is 1. The van der Waals surface area contributed by atoms with Crippen LogP contribution in [-0.2, 0) is 11.3 Å². The number of carbonyl (C=O) groups is 2. The summed E-state index contributed by atoms with van der Waals surface area (Å²) in [6, 6.07) is 7.01. The molecule has 1 amide bonds. The monoisotopic (exact) mass is 290 g/mol. The van der Waals surface area contributed by atoms with E-state index in [9.17, 15) is 14.7 Å². The first-order valence-corrected chi connectivity index (χ1v) is 6.66. The SMILES string of the molecule is CC(C)N(CC(N)=O)Cc1oc2ccccc2c1C(=O)O. The number of para-hydroxylation sites is 1. The van der Waals surface area contributed by atoms with E-state index in [0.29, 0.717) is 16.7 Å². The topological polar surface area (TPSA) is 96.8 Å². The van der Waals surface area contributed by atoms with E-state index in [1.807, 2.05) is 13.8 Å². The van der Waals surface area contributed by atoms with Crippen molar-refractivity contribution in [2.24, 2.45) is 5.73 Å². The predicted molar refractivity (Wildman–Crippen MR) is 77.9 cm³/mol. The number of hydrogen-bond donors (Lipinski definition) is 2. The number of nitrogens with two attached hydrogens (primary N) is 1. The highest BCUT2D eigenvalue weighted by Crippen LogP contribution is 2.27. The van der Waals surface area contributed by atoms with Crippen molar-refractivity contribution >= 4 is 22.8 Å². The van der Waals surface area contributed by atoms with Crippen LogP contribution < -0.4 is 5.73 Å². The van der Waals surface area contributed by atoms with Crippen molar-refractivity contribution in [3.05, 3.63) is 35.6 Å². The van der Waals surface area contributed by atoms with E-state index in [1.54, 1.807) is 29.2 Å². The molecule has 0 saturated carbocycles. The molecule has 1 aromatic heterocycles. The Morgan fingerprint density at radius 1 is 1.33 bits per heavy atom. The van der Waals surface area contributed by atoms with Gasteiger partial charge >= 0.3 is 5.97 Å². The van der Waals surface area contributed by atoms with Crippen molar-refractivity contribution < 1.29 is 19.1 Å². The summed E-state index contributed by atoms with van der Waals surface area (Å²) in [4.78, 5) is 24.4. The second-order valence-corrected chi connectivity index (χ2v) is 5.17. The molecule has 0 bridgehead atoms. The maximum absolute atomic E-state index is 11.5. The van der Waals surface area contributed by atoms with E-state index in [0.717, 1.165) is 0 Å². The van der Waals surface area contributed by atoms with Gasteiger partial charge in [0.15, 0.2) is 0 Å². The summed E-state index contributed by atoms with van der Waals surface area (Å²) >= 11 is 0. The smallest absolute Gasteiger partial charge is 0.339 e. The lowest BCUT2D eigenvalue weighted by Crippen LogP contribution is -2.38. The average Bonchev–Trinajstić information content (AvgIpc) is 2.75. The van der Waals surface area contributed by atoms with Gasteiger partial charge in [-0.25, -0.2) is 4.79 Å². The van der Waals surface area contributed by atoms with Crippen molar-refractivity contribution in [2.75, 3.05) is 6.54 Å². The minimum Gasteiger partial charge on any atom is -0.478 e. The van der Waals surface area contributed by atoms with Crippen LogP contribution in [-0.4, -0.2) is 34.5 Å². The van der Waals surface area contributed by atoms with Crippen LogP contribution in [0.5, 0.6) is 0 Å². The van der Waals surface area contributed by atoms with Crippen molar-refractivity contribution in [1.82, 2.24) is 4.90 Å². The number of primary amides is 1. The number of carboxylic acid groups (broad SMARTS) is 1. The number of benzene rings is 1. The fraction of sp³-hybridized carbons (Fsp3) is 0.333. The Morgan fingerprint density at radius 2 is 2.00 bits per heavy atom. The van der Waals surface area contributed by atoms with E-state index >= 15 is 0 Å². The van der Waals surface area contributed by atoms with Crippen molar-refractivity contribution in [2.45, 2.75) is 26.4 Å². The van der Waals surface area contributed by atoms with Crippen LogP contribution in [0.1, 0.15) is 30.0 Å². The fourth-order valence-corrected chi connectivity index (χ4v) is 2.25. The van der Waals surface area contributed by atoms with Crippen molar-refractivity contribution in [3.63, 3.8) is 0 Å². The normalized spacial score (nSPS) is 11.4. The highest BCUT2D eigenvalue weighted by atomic mass is 16.4. The van der Waals surface area contributed by atoms with E-state index < -0.39 is 11.9 Å². The number of carbonyl (C=O) groups excluding carboxylic acids is 1. The summed E-state index contributed by atoms with van der Waals surface area (Å²) in [5, 5.41) is 9.97. The maximum Gasteiger partial charge on any atom is 0.339 e. The molecule has 2 aromatic rings. The molecule has 0 unspecified atom stereocenters. The van der Waals surface area contributed by atoms with Gasteiger partial charge in [0.25, 0.3) is 0 Å². The number of furan rings is 1. The van der Waals surface area contributed by atoms with Crippen LogP contribution in [0.25, 0.3) is 11.0 Å². The summed E-state index contributed by atoms with van der Waals surface area (Å²) in [5.74, 6) is -1.17. The number of fused-ring (bicyclic) bond motifs is 1. The fourth-order valence-electron chi connectivity index (χ4n) is 2.25. The molecule has 2 rings (SSSR count). The molecule has 6 heteroatoms. The number of rotatable bonds is 6. The Hall–Kier alpha value is -2.34. The quantitative estimate of drug-likeness (QED) is 0.846. The Morgan fingerprint density at radius 3 is 2.57 bits per heavy atom. The first-order chi connectivity index (χ1) is 9.90. The number of carboxylic acids is 1. The van der Waals surface area contributed by atoms with E-state index in [4.69, 9.17) is 10.2 Å². The first kappa shape index (κ1) is 15.1. The molecule has 0 saturated heterocycles. The molecule has 1 heterocycles. The molecule has 0 atom stereocenters. The van der Waals surface area contributed by atoms with Crippen molar-refractivity contribution in [3.8, 4) is 0 Å². The number of hydrogen-bond acceptors (Lipinski definition) is 4. The van der Waals surface area contributed by atoms with Gasteiger partial charge in [0, 0.05) is 11.4 Å². The van der Waals surface area contributed by atoms with Gasteiger partial charge in [-0.15, -0.1) is 0 Å². The van der Waals surface area contributed by atoms with Gasteiger partial charge in [0.05, 0.1) is 13.1 Å².